The molecule has 0 bridgehead atoms. The molecule has 1 unspecified atom stereocenters. The molecule has 0 amide bonds. The third kappa shape index (κ3) is 2.62. The topological polar surface area (TPSA) is 72.6 Å². The van der Waals surface area contributed by atoms with Crippen molar-refractivity contribution in [3.63, 3.8) is 0 Å². The van der Waals surface area contributed by atoms with Crippen molar-refractivity contribution in [1.82, 2.24) is 5.16 Å². The van der Waals surface area contributed by atoms with Crippen LogP contribution in [0.4, 0.5) is 0 Å². The summed E-state index contributed by atoms with van der Waals surface area (Å²) in [4.78, 5) is 10.2. The highest BCUT2D eigenvalue weighted by atomic mass is 16.5. The van der Waals surface area contributed by atoms with Gasteiger partial charge < -0.3 is 14.4 Å². The minimum absolute atomic E-state index is 0.137. The summed E-state index contributed by atoms with van der Waals surface area (Å²) in [6.07, 6.45) is 2.59. The Bertz CT molecular complexity index is 342. The Balaban J connectivity index is 2.69. The van der Waals surface area contributed by atoms with Gasteiger partial charge in [0.2, 0.25) is 0 Å². The van der Waals surface area contributed by atoms with Gasteiger partial charge in [-0.3, -0.25) is 0 Å². The lowest BCUT2D eigenvalue weighted by molar-refractivity contribution is -0.131. The normalized spacial score (nSPS) is 13.0. The van der Waals surface area contributed by atoms with Crippen LogP contribution in [0.1, 0.15) is 18.6 Å². The summed E-state index contributed by atoms with van der Waals surface area (Å²) in [6, 6.07) is 1.62. The second-order valence-corrected chi connectivity index (χ2v) is 2.76. The van der Waals surface area contributed by atoms with E-state index in [2.05, 4.69) is 5.16 Å². The van der Waals surface area contributed by atoms with Crippen molar-refractivity contribution in [2.45, 2.75) is 12.8 Å². The maximum Gasteiger partial charge on any atom is 0.327 e. The Hall–Kier alpha value is -1.78. The van der Waals surface area contributed by atoms with Crippen LogP contribution in [-0.2, 0) is 4.79 Å². The molecule has 1 heterocycles. The molecule has 0 aromatic carbocycles. The third-order valence-electron chi connectivity index (χ3n) is 1.69. The lowest BCUT2D eigenvalue weighted by atomic mass is 10.1. The summed E-state index contributed by atoms with van der Waals surface area (Å²) in [7, 11) is 1.49. The second-order valence-electron chi connectivity index (χ2n) is 2.76. The van der Waals surface area contributed by atoms with Crippen LogP contribution in [0.5, 0.6) is 5.88 Å². The van der Waals surface area contributed by atoms with E-state index in [9.17, 15) is 4.79 Å². The van der Waals surface area contributed by atoms with Gasteiger partial charge in [0.1, 0.15) is 5.76 Å². The number of hydrogen-bond acceptors (Lipinski definition) is 4. The minimum Gasteiger partial charge on any atom is -0.479 e. The summed E-state index contributed by atoms with van der Waals surface area (Å²) in [5.41, 5.74) is 0. The first-order chi connectivity index (χ1) is 6.63. The zero-order valence-electron chi connectivity index (χ0n) is 7.93. The number of rotatable bonds is 4. The molecule has 0 saturated carbocycles. The first-order valence-corrected chi connectivity index (χ1v) is 4.05. The van der Waals surface area contributed by atoms with Gasteiger partial charge >= 0.3 is 5.97 Å². The first kappa shape index (κ1) is 10.3. The van der Waals surface area contributed by atoms with Crippen molar-refractivity contribution in [2.75, 3.05) is 7.11 Å². The Labute approximate surface area is 81.0 Å². The Morgan fingerprint density at radius 1 is 1.79 bits per heavy atom. The fraction of sp³-hybridized carbons (Fsp3) is 0.333. The molecule has 1 aromatic rings. The highest BCUT2D eigenvalue weighted by molar-refractivity contribution is 5.79. The van der Waals surface area contributed by atoms with Crippen molar-refractivity contribution in [3.05, 3.63) is 24.0 Å². The van der Waals surface area contributed by atoms with E-state index in [1.54, 1.807) is 13.0 Å². The lowest BCUT2D eigenvalue weighted by Crippen LogP contribution is -1.90. The molecule has 0 aliphatic heterocycles. The average Bonchev–Trinajstić information content (AvgIpc) is 2.62. The van der Waals surface area contributed by atoms with Crippen LogP contribution in [0.2, 0.25) is 0 Å². The molecule has 1 aromatic heterocycles. The Morgan fingerprint density at radius 3 is 3.00 bits per heavy atom. The van der Waals surface area contributed by atoms with Gasteiger partial charge in [0, 0.05) is 18.1 Å². The average molecular weight is 197 g/mol. The summed E-state index contributed by atoms with van der Waals surface area (Å²) in [5.74, 6) is -0.166. The maximum absolute atomic E-state index is 10.2. The van der Waals surface area contributed by atoms with E-state index in [0.29, 0.717) is 11.6 Å². The number of ether oxygens (including phenoxy) is 1. The van der Waals surface area contributed by atoms with Gasteiger partial charge in [-0.2, -0.15) is 0 Å². The smallest absolute Gasteiger partial charge is 0.327 e. The van der Waals surface area contributed by atoms with Crippen LogP contribution in [0.15, 0.2) is 22.7 Å². The molecule has 0 aliphatic carbocycles. The third-order valence-corrected chi connectivity index (χ3v) is 1.69. The van der Waals surface area contributed by atoms with Crippen molar-refractivity contribution in [3.8, 4) is 5.88 Å². The number of carbonyl (C=O) groups is 1. The van der Waals surface area contributed by atoms with E-state index in [0.717, 1.165) is 6.08 Å². The number of hydrogen-bond donors (Lipinski definition) is 1. The van der Waals surface area contributed by atoms with Crippen molar-refractivity contribution in [1.29, 1.82) is 0 Å². The monoisotopic (exact) mass is 197 g/mol. The van der Waals surface area contributed by atoms with E-state index in [1.165, 1.54) is 13.2 Å². The zero-order chi connectivity index (χ0) is 10.6. The predicted molar refractivity (Wildman–Crippen MR) is 48.2 cm³/mol. The maximum atomic E-state index is 10.2. The molecule has 0 aliphatic rings. The molecular formula is C9H11NO4. The summed E-state index contributed by atoms with van der Waals surface area (Å²) in [5, 5.41) is 12.0. The molecule has 1 atom stereocenters. The summed E-state index contributed by atoms with van der Waals surface area (Å²) in [6.45, 7) is 1.80. The standard InChI is InChI=1S/C9H11NO4/c1-6(3-4-9(11)12)7-5-8(13-2)10-14-7/h3-6H,1-2H3,(H,11,12). The lowest BCUT2D eigenvalue weighted by Gasteiger charge is -1.97. The van der Waals surface area contributed by atoms with Crippen LogP contribution >= 0.6 is 0 Å². The van der Waals surface area contributed by atoms with Crippen molar-refractivity contribution in [2.24, 2.45) is 0 Å². The zero-order valence-corrected chi connectivity index (χ0v) is 7.93. The van der Waals surface area contributed by atoms with Crippen LogP contribution in [0, 0.1) is 0 Å². The van der Waals surface area contributed by atoms with E-state index in [-0.39, 0.29) is 5.92 Å². The quantitative estimate of drug-likeness (QED) is 0.739. The number of carboxylic acids is 1. The molecular weight excluding hydrogens is 186 g/mol. The van der Waals surface area contributed by atoms with E-state index < -0.39 is 5.97 Å². The SMILES string of the molecule is COc1cc(C(C)C=CC(=O)O)on1. The van der Waals surface area contributed by atoms with E-state index in [1.807, 2.05) is 0 Å². The molecule has 5 heteroatoms. The molecule has 5 nitrogen and oxygen atoms in total. The fourth-order valence-electron chi connectivity index (χ4n) is 0.904. The fourth-order valence-corrected chi connectivity index (χ4v) is 0.904. The first-order valence-electron chi connectivity index (χ1n) is 4.05. The number of aromatic nitrogens is 1. The number of nitrogens with zero attached hydrogens (tertiary/aromatic N) is 1. The number of methoxy groups -OCH3 is 1. The highest BCUT2D eigenvalue weighted by Gasteiger charge is 2.09. The number of carboxylic acid groups (broad SMARTS) is 1. The largest absolute Gasteiger partial charge is 0.479 e. The van der Waals surface area contributed by atoms with Gasteiger partial charge in [0.05, 0.1) is 7.11 Å². The van der Waals surface area contributed by atoms with Gasteiger partial charge in [0.25, 0.3) is 5.88 Å². The minimum atomic E-state index is -0.983. The highest BCUT2D eigenvalue weighted by Crippen LogP contribution is 2.20. The van der Waals surface area contributed by atoms with Gasteiger partial charge in [-0.05, 0) is 5.16 Å². The molecule has 14 heavy (non-hydrogen) atoms. The van der Waals surface area contributed by atoms with Gasteiger partial charge in [0.15, 0.2) is 0 Å². The van der Waals surface area contributed by atoms with Gasteiger partial charge in [-0.25, -0.2) is 4.79 Å². The molecule has 76 valence electrons. The van der Waals surface area contributed by atoms with Crippen molar-refractivity contribution < 1.29 is 19.2 Å². The van der Waals surface area contributed by atoms with E-state index >= 15 is 0 Å². The molecule has 0 radical (unpaired) electrons. The van der Waals surface area contributed by atoms with Crippen LogP contribution in [0.25, 0.3) is 0 Å². The van der Waals surface area contributed by atoms with Gasteiger partial charge in [-0.1, -0.05) is 13.0 Å². The van der Waals surface area contributed by atoms with Crippen LogP contribution in [-0.4, -0.2) is 23.3 Å². The van der Waals surface area contributed by atoms with Crippen LogP contribution in [0.3, 0.4) is 0 Å². The summed E-state index contributed by atoms with van der Waals surface area (Å²) >= 11 is 0. The molecule has 1 N–H and O–H groups in total. The summed E-state index contributed by atoms with van der Waals surface area (Å²) < 4.78 is 9.76. The second kappa shape index (κ2) is 4.45. The van der Waals surface area contributed by atoms with Crippen LogP contribution < -0.4 is 4.74 Å². The Morgan fingerprint density at radius 2 is 2.50 bits per heavy atom. The molecule has 0 saturated heterocycles. The van der Waals surface area contributed by atoms with Gasteiger partial charge in [-0.15, -0.1) is 0 Å². The number of allylic oxidation sites excluding steroid dienone is 1. The molecule has 0 fully saturated rings. The number of aliphatic carboxylic acids is 1. The Kier molecular flexibility index (Phi) is 3.28. The predicted octanol–water partition coefficient (Wildman–Crippen LogP) is 1.43. The van der Waals surface area contributed by atoms with E-state index in [4.69, 9.17) is 14.4 Å². The van der Waals surface area contributed by atoms with Crippen molar-refractivity contribution >= 4 is 5.97 Å². The molecule has 0 spiro atoms. The molecule has 1 rings (SSSR count).